The first-order valence-electron chi connectivity index (χ1n) is 10.7. The smallest absolute Gasteiger partial charge is 0.294 e. The molecule has 4 rings (SSSR count). The maximum Gasteiger partial charge on any atom is 0.294 e. The Morgan fingerprint density at radius 2 is 1.67 bits per heavy atom. The van der Waals surface area contributed by atoms with Gasteiger partial charge in [0.15, 0.2) is 11.5 Å². The maximum absolute atomic E-state index is 13.3. The van der Waals surface area contributed by atoms with E-state index in [0.29, 0.717) is 17.0 Å². The number of carbonyl (C=O) groups is 2. The number of benzene rings is 2. The lowest BCUT2D eigenvalue weighted by Gasteiger charge is -2.29. The number of aliphatic hydroxyl groups excluding tert-OH is 1. The predicted molar refractivity (Wildman–Crippen MR) is 127 cm³/mol. The van der Waals surface area contributed by atoms with E-state index in [-0.39, 0.29) is 11.4 Å². The number of anilines is 1. The zero-order valence-electron chi connectivity index (χ0n) is 19.1. The van der Waals surface area contributed by atoms with Crippen LogP contribution in [-0.2, 0) is 9.59 Å². The van der Waals surface area contributed by atoms with Crippen molar-refractivity contribution in [1.82, 2.24) is 4.98 Å². The van der Waals surface area contributed by atoms with Gasteiger partial charge in [-0.15, -0.1) is 0 Å². The van der Waals surface area contributed by atoms with Crippen molar-refractivity contribution in [2.24, 2.45) is 5.41 Å². The van der Waals surface area contributed by atoms with E-state index in [2.05, 4.69) is 4.98 Å². The molecule has 1 aliphatic heterocycles. The highest BCUT2D eigenvalue weighted by molar-refractivity contribution is 6.17. The third kappa shape index (κ3) is 4.12. The molecule has 1 aliphatic rings. The lowest BCUT2D eigenvalue weighted by Crippen LogP contribution is -2.32. The van der Waals surface area contributed by atoms with Crippen molar-refractivity contribution in [1.29, 1.82) is 0 Å². The quantitative estimate of drug-likeness (QED) is 0.582. The topological polar surface area (TPSA) is 79.7 Å². The second-order valence-corrected chi connectivity index (χ2v) is 8.98. The number of Topliss-reactive ketones (excluding diaryl/α,β-unsaturated/α-hetero) is 1. The minimum atomic E-state index is -0.769. The number of rotatable bonds is 5. The molecular formula is C27H26N2O4. The number of hydrogen-bond acceptors (Lipinski definition) is 5. The summed E-state index contributed by atoms with van der Waals surface area (Å²) < 4.78 is 5.26. The lowest BCUT2D eigenvalue weighted by molar-refractivity contribution is -0.123. The Balaban J connectivity index is 1.80. The first-order valence-corrected chi connectivity index (χ1v) is 10.7. The number of carbonyl (C=O) groups excluding carboxylic acids is 2. The van der Waals surface area contributed by atoms with Gasteiger partial charge in [-0.25, -0.2) is 0 Å². The Kier molecular flexibility index (Phi) is 5.77. The number of aromatic nitrogens is 1. The van der Waals surface area contributed by atoms with Gasteiger partial charge in [-0.05, 0) is 47.0 Å². The molecule has 2 heterocycles. The summed E-state index contributed by atoms with van der Waals surface area (Å²) in [6, 6.07) is 17.6. The molecule has 0 radical (unpaired) electrons. The molecule has 6 heteroatoms. The van der Waals surface area contributed by atoms with Crippen molar-refractivity contribution in [2.75, 3.05) is 12.0 Å². The molecule has 6 nitrogen and oxygen atoms in total. The van der Waals surface area contributed by atoms with E-state index in [1.54, 1.807) is 52.4 Å². The van der Waals surface area contributed by atoms with E-state index >= 15 is 0 Å². The van der Waals surface area contributed by atoms with Crippen LogP contribution in [0.1, 0.15) is 32.4 Å². The zero-order valence-corrected chi connectivity index (χ0v) is 19.1. The molecule has 2 aromatic carbocycles. The van der Waals surface area contributed by atoms with Gasteiger partial charge in [0.05, 0.1) is 18.7 Å². The predicted octanol–water partition coefficient (Wildman–Crippen LogP) is 5.27. The standard InChI is InChI=1S/C27H26N2O4/c1-27(2,3)25(31)22-23(18-9-13-21(33-4)14-10-18)29(26(32)24(22)30)20-11-7-17(8-12-20)19-6-5-15-28-16-19/h5-16,23,30H,1-4H3. The second kappa shape index (κ2) is 8.54. The molecule has 1 unspecified atom stereocenters. The van der Waals surface area contributed by atoms with Crippen LogP contribution < -0.4 is 9.64 Å². The molecule has 0 saturated heterocycles. The van der Waals surface area contributed by atoms with Crippen molar-refractivity contribution >= 4 is 17.4 Å². The largest absolute Gasteiger partial charge is 0.503 e. The maximum atomic E-state index is 13.3. The van der Waals surface area contributed by atoms with Crippen molar-refractivity contribution in [3.63, 3.8) is 0 Å². The molecule has 168 valence electrons. The number of ether oxygens (including phenoxy) is 1. The number of nitrogens with zero attached hydrogens (tertiary/aromatic N) is 2. The first kappa shape index (κ1) is 22.3. The normalized spacial score (nSPS) is 16.3. The first-order chi connectivity index (χ1) is 15.7. The van der Waals surface area contributed by atoms with Gasteiger partial charge in [0.25, 0.3) is 5.91 Å². The van der Waals surface area contributed by atoms with Crippen LogP contribution >= 0.6 is 0 Å². The number of aliphatic hydroxyl groups is 1. The van der Waals surface area contributed by atoms with Crippen LogP contribution in [0.25, 0.3) is 11.1 Å². The van der Waals surface area contributed by atoms with Crippen molar-refractivity contribution in [3.05, 3.63) is 90.0 Å². The highest BCUT2D eigenvalue weighted by Gasteiger charge is 2.46. The Labute approximate surface area is 193 Å². The molecule has 1 atom stereocenters. The number of pyridine rings is 1. The molecule has 0 bridgehead atoms. The summed E-state index contributed by atoms with van der Waals surface area (Å²) in [5.74, 6) is -0.722. The molecule has 0 spiro atoms. The fourth-order valence-electron chi connectivity index (χ4n) is 3.96. The van der Waals surface area contributed by atoms with Crippen LogP contribution in [0.2, 0.25) is 0 Å². The van der Waals surface area contributed by atoms with Gasteiger partial charge in [0.1, 0.15) is 5.75 Å². The monoisotopic (exact) mass is 442 g/mol. The number of ketones is 1. The van der Waals surface area contributed by atoms with E-state index in [9.17, 15) is 14.7 Å². The van der Waals surface area contributed by atoms with Gasteiger partial charge in [0.2, 0.25) is 0 Å². The van der Waals surface area contributed by atoms with Crippen LogP contribution in [0.4, 0.5) is 5.69 Å². The molecule has 0 aliphatic carbocycles. The van der Waals surface area contributed by atoms with Gasteiger partial charge < -0.3 is 9.84 Å². The summed E-state index contributed by atoms with van der Waals surface area (Å²) in [7, 11) is 1.57. The van der Waals surface area contributed by atoms with Gasteiger partial charge in [-0.2, -0.15) is 0 Å². The van der Waals surface area contributed by atoms with Gasteiger partial charge in [0, 0.05) is 23.5 Å². The van der Waals surface area contributed by atoms with Gasteiger partial charge in [-0.1, -0.05) is 51.1 Å². The Bertz CT molecular complexity index is 1210. The Morgan fingerprint density at radius 1 is 1.00 bits per heavy atom. The van der Waals surface area contributed by atoms with E-state index in [4.69, 9.17) is 4.74 Å². The Morgan fingerprint density at radius 3 is 2.21 bits per heavy atom. The highest BCUT2D eigenvalue weighted by atomic mass is 16.5. The lowest BCUT2D eigenvalue weighted by atomic mass is 9.82. The average molecular weight is 443 g/mol. The zero-order chi connectivity index (χ0) is 23.8. The third-order valence-corrected chi connectivity index (χ3v) is 5.71. The molecule has 3 aromatic rings. The summed E-state index contributed by atoms with van der Waals surface area (Å²) >= 11 is 0. The van der Waals surface area contributed by atoms with Crippen molar-refractivity contribution in [2.45, 2.75) is 26.8 Å². The van der Waals surface area contributed by atoms with Crippen LogP contribution in [0, 0.1) is 5.41 Å². The molecule has 0 fully saturated rings. The third-order valence-electron chi connectivity index (χ3n) is 5.71. The molecule has 1 N–H and O–H groups in total. The minimum absolute atomic E-state index is 0.106. The average Bonchev–Trinajstić information content (AvgIpc) is 3.09. The second-order valence-electron chi connectivity index (χ2n) is 8.98. The Hall–Kier alpha value is -3.93. The van der Waals surface area contributed by atoms with E-state index in [1.807, 2.05) is 48.5 Å². The van der Waals surface area contributed by atoms with Crippen molar-refractivity contribution in [3.8, 4) is 16.9 Å². The molecule has 1 amide bonds. The van der Waals surface area contributed by atoms with Gasteiger partial charge in [-0.3, -0.25) is 19.5 Å². The minimum Gasteiger partial charge on any atom is -0.503 e. The number of amides is 1. The molecular weight excluding hydrogens is 416 g/mol. The highest BCUT2D eigenvalue weighted by Crippen LogP contribution is 2.43. The fraction of sp³-hybridized carbons (Fsp3) is 0.222. The summed E-state index contributed by atoms with van der Waals surface area (Å²) in [6.07, 6.45) is 3.48. The van der Waals surface area contributed by atoms with E-state index in [0.717, 1.165) is 11.1 Å². The summed E-state index contributed by atoms with van der Waals surface area (Å²) in [4.78, 5) is 32.2. The van der Waals surface area contributed by atoms with Crippen LogP contribution in [-0.4, -0.2) is 28.9 Å². The van der Waals surface area contributed by atoms with Crippen molar-refractivity contribution < 1.29 is 19.4 Å². The molecule has 1 aromatic heterocycles. The number of methoxy groups -OCH3 is 1. The summed E-state index contributed by atoms with van der Waals surface area (Å²) in [6.45, 7) is 5.32. The fourth-order valence-corrected chi connectivity index (χ4v) is 3.96. The van der Waals surface area contributed by atoms with Gasteiger partial charge >= 0.3 is 0 Å². The summed E-state index contributed by atoms with van der Waals surface area (Å²) in [5, 5.41) is 10.8. The van der Waals surface area contributed by atoms with E-state index < -0.39 is 23.1 Å². The van der Waals surface area contributed by atoms with Crippen LogP contribution in [0.15, 0.2) is 84.4 Å². The molecule has 33 heavy (non-hydrogen) atoms. The van der Waals surface area contributed by atoms with E-state index in [1.165, 1.54) is 4.90 Å². The van der Waals surface area contributed by atoms with Crippen LogP contribution in [0.5, 0.6) is 5.75 Å². The summed E-state index contributed by atoms with van der Waals surface area (Å²) in [5.41, 5.74) is 2.52. The van der Waals surface area contributed by atoms with Crippen LogP contribution in [0.3, 0.4) is 0 Å². The number of hydrogen-bond donors (Lipinski definition) is 1. The molecule has 0 saturated carbocycles. The SMILES string of the molecule is COc1ccc(C2C(C(=O)C(C)(C)C)=C(O)C(=O)N2c2ccc(-c3cccnc3)cc2)cc1.